The Kier molecular flexibility index (Phi) is 2.21. The van der Waals surface area contributed by atoms with E-state index in [9.17, 15) is 4.79 Å². The van der Waals surface area contributed by atoms with E-state index >= 15 is 0 Å². The van der Waals surface area contributed by atoms with Gasteiger partial charge >= 0.3 is 0 Å². The minimum Gasteiger partial charge on any atom is -0.325 e. The summed E-state index contributed by atoms with van der Waals surface area (Å²) in [5.74, 6) is 0. The van der Waals surface area contributed by atoms with Gasteiger partial charge in [0.25, 0.3) is 5.56 Å². The summed E-state index contributed by atoms with van der Waals surface area (Å²) < 4.78 is 0. The van der Waals surface area contributed by atoms with Crippen LogP contribution in [0.5, 0.6) is 0 Å². The first kappa shape index (κ1) is 7.72. The van der Waals surface area contributed by atoms with Crippen LogP contribution in [-0.2, 0) is 6.42 Å². The summed E-state index contributed by atoms with van der Waals surface area (Å²) in [5.41, 5.74) is 1.15. The van der Waals surface area contributed by atoms with Gasteiger partial charge in [0.05, 0.1) is 5.69 Å². The van der Waals surface area contributed by atoms with Crippen LogP contribution in [-0.4, -0.2) is 9.97 Å². The molecule has 0 bridgehead atoms. The van der Waals surface area contributed by atoms with Crippen molar-refractivity contribution in [2.24, 2.45) is 0 Å². The molecule has 3 nitrogen and oxygen atoms in total. The topological polar surface area (TPSA) is 45.8 Å². The van der Waals surface area contributed by atoms with Crippen molar-refractivity contribution in [3.8, 4) is 0 Å². The number of hydrogen-bond acceptors (Lipinski definition) is 2. The number of aromatic nitrogens is 2. The first-order valence-corrected chi connectivity index (χ1v) is 3.49. The molecule has 0 atom stereocenters. The van der Waals surface area contributed by atoms with Gasteiger partial charge in [-0.1, -0.05) is 13.5 Å². The number of nitrogens with zero attached hydrogens (tertiary/aromatic N) is 1. The van der Waals surface area contributed by atoms with Crippen LogP contribution in [0, 0.1) is 0 Å². The van der Waals surface area contributed by atoms with Crippen molar-refractivity contribution in [2.75, 3.05) is 0 Å². The van der Waals surface area contributed by atoms with Crippen LogP contribution in [0.1, 0.15) is 18.3 Å². The third kappa shape index (κ3) is 1.55. The van der Waals surface area contributed by atoms with Crippen molar-refractivity contribution in [2.45, 2.75) is 13.3 Å². The second-order valence-corrected chi connectivity index (χ2v) is 2.16. The standard InChI is InChI=1S/C8H10N2O/c1-3-6-5-9-8(11)7(4-2)10-6/h3,5H,1,4H2,2H3,(H,9,11). The summed E-state index contributed by atoms with van der Waals surface area (Å²) in [7, 11) is 0. The largest absolute Gasteiger partial charge is 0.325 e. The molecular formula is C8H10N2O. The average molecular weight is 150 g/mol. The van der Waals surface area contributed by atoms with Gasteiger partial charge in [0.1, 0.15) is 5.69 Å². The lowest BCUT2D eigenvalue weighted by Gasteiger charge is -1.95. The van der Waals surface area contributed by atoms with Crippen LogP contribution < -0.4 is 5.56 Å². The Bertz CT molecular complexity index is 314. The quantitative estimate of drug-likeness (QED) is 0.682. The molecule has 0 saturated carbocycles. The lowest BCUT2D eigenvalue weighted by Crippen LogP contribution is -2.14. The fourth-order valence-corrected chi connectivity index (χ4v) is 0.806. The Morgan fingerprint density at radius 1 is 1.82 bits per heavy atom. The molecule has 58 valence electrons. The zero-order chi connectivity index (χ0) is 8.27. The molecule has 0 unspecified atom stereocenters. The van der Waals surface area contributed by atoms with E-state index in [-0.39, 0.29) is 5.56 Å². The van der Waals surface area contributed by atoms with Gasteiger partial charge in [-0.05, 0) is 12.5 Å². The van der Waals surface area contributed by atoms with Gasteiger partial charge in [0.15, 0.2) is 0 Å². The van der Waals surface area contributed by atoms with Gasteiger partial charge in [-0.15, -0.1) is 0 Å². The highest BCUT2D eigenvalue weighted by atomic mass is 16.1. The van der Waals surface area contributed by atoms with Crippen LogP contribution in [0.2, 0.25) is 0 Å². The Hall–Kier alpha value is -1.38. The predicted molar refractivity (Wildman–Crippen MR) is 44.3 cm³/mol. The molecule has 0 amide bonds. The lowest BCUT2D eigenvalue weighted by atomic mass is 10.3. The number of hydrogen-bond donors (Lipinski definition) is 1. The fourth-order valence-electron chi connectivity index (χ4n) is 0.806. The average Bonchev–Trinajstić information content (AvgIpc) is 2.05. The van der Waals surface area contributed by atoms with Crippen molar-refractivity contribution in [1.82, 2.24) is 9.97 Å². The molecule has 3 heteroatoms. The van der Waals surface area contributed by atoms with Crippen LogP contribution >= 0.6 is 0 Å². The molecule has 0 aliphatic rings. The predicted octanol–water partition coefficient (Wildman–Crippen LogP) is 0.975. The van der Waals surface area contributed by atoms with Crippen molar-refractivity contribution in [3.05, 3.63) is 34.5 Å². The minimum atomic E-state index is -0.113. The lowest BCUT2D eigenvalue weighted by molar-refractivity contribution is 0.956. The monoisotopic (exact) mass is 150 g/mol. The van der Waals surface area contributed by atoms with E-state index in [4.69, 9.17) is 0 Å². The number of aromatic amines is 1. The third-order valence-electron chi connectivity index (χ3n) is 1.42. The summed E-state index contributed by atoms with van der Waals surface area (Å²) >= 11 is 0. The van der Waals surface area contributed by atoms with Crippen molar-refractivity contribution >= 4 is 6.08 Å². The van der Waals surface area contributed by atoms with E-state index in [1.165, 1.54) is 0 Å². The zero-order valence-corrected chi connectivity index (χ0v) is 6.42. The second-order valence-electron chi connectivity index (χ2n) is 2.16. The summed E-state index contributed by atoms with van der Waals surface area (Å²) in [4.78, 5) is 17.6. The molecule has 11 heavy (non-hydrogen) atoms. The highest BCUT2D eigenvalue weighted by Crippen LogP contribution is 1.92. The van der Waals surface area contributed by atoms with Gasteiger partial charge < -0.3 is 4.98 Å². The van der Waals surface area contributed by atoms with Crippen molar-refractivity contribution in [1.29, 1.82) is 0 Å². The Morgan fingerprint density at radius 2 is 2.55 bits per heavy atom. The van der Waals surface area contributed by atoms with E-state index in [1.807, 2.05) is 6.92 Å². The molecule has 0 aliphatic heterocycles. The first-order valence-electron chi connectivity index (χ1n) is 3.49. The van der Waals surface area contributed by atoms with Crippen molar-refractivity contribution < 1.29 is 0 Å². The highest BCUT2D eigenvalue weighted by Gasteiger charge is 1.97. The Labute approximate surface area is 64.8 Å². The summed E-state index contributed by atoms with van der Waals surface area (Å²) in [6.45, 7) is 5.44. The zero-order valence-electron chi connectivity index (χ0n) is 6.42. The third-order valence-corrected chi connectivity index (χ3v) is 1.42. The van der Waals surface area contributed by atoms with E-state index in [1.54, 1.807) is 12.3 Å². The molecule has 0 aliphatic carbocycles. The molecule has 1 aromatic heterocycles. The molecule has 1 N–H and O–H groups in total. The highest BCUT2D eigenvalue weighted by molar-refractivity contribution is 5.39. The van der Waals surface area contributed by atoms with Gasteiger partial charge in [-0.2, -0.15) is 0 Å². The van der Waals surface area contributed by atoms with E-state index in [0.29, 0.717) is 17.8 Å². The van der Waals surface area contributed by atoms with Crippen LogP contribution in [0.25, 0.3) is 6.08 Å². The molecule has 0 saturated heterocycles. The summed E-state index contributed by atoms with van der Waals surface area (Å²) in [5, 5.41) is 0. The van der Waals surface area contributed by atoms with Crippen LogP contribution in [0.3, 0.4) is 0 Å². The summed E-state index contributed by atoms with van der Waals surface area (Å²) in [6.07, 6.45) is 3.81. The van der Waals surface area contributed by atoms with E-state index < -0.39 is 0 Å². The minimum absolute atomic E-state index is 0.113. The molecule has 1 aromatic rings. The maximum atomic E-state index is 11.0. The SMILES string of the molecule is C=Cc1c[nH]c(=O)c(CC)n1. The maximum Gasteiger partial charge on any atom is 0.269 e. The van der Waals surface area contributed by atoms with Gasteiger partial charge in [-0.3, -0.25) is 4.79 Å². The molecule has 0 aromatic carbocycles. The molecular weight excluding hydrogens is 140 g/mol. The normalized spacial score (nSPS) is 9.55. The van der Waals surface area contributed by atoms with Gasteiger partial charge in [0, 0.05) is 6.20 Å². The van der Waals surface area contributed by atoms with Crippen LogP contribution in [0.15, 0.2) is 17.6 Å². The molecule has 0 radical (unpaired) electrons. The number of aryl methyl sites for hydroxylation is 1. The molecule has 1 rings (SSSR count). The van der Waals surface area contributed by atoms with Crippen molar-refractivity contribution in [3.63, 3.8) is 0 Å². The smallest absolute Gasteiger partial charge is 0.269 e. The van der Waals surface area contributed by atoms with E-state index in [2.05, 4.69) is 16.5 Å². The maximum absolute atomic E-state index is 11.0. The first-order chi connectivity index (χ1) is 5.27. The molecule has 1 heterocycles. The number of H-pyrrole nitrogens is 1. The Balaban J connectivity index is 3.23. The molecule has 0 fully saturated rings. The fraction of sp³-hybridized carbons (Fsp3) is 0.250. The number of rotatable bonds is 2. The van der Waals surface area contributed by atoms with E-state index in [0.717, 1.165) is 0 Å². The Morgan fingerprint density at radius 3 is 3.09 bits per heavy atom. The second kappa shape index (κ2) is 3.14. The van der Waals surface area contributed by atoms with Crippen LogP contribution in [0.4, 0.5) is 0 Å². The van der Waals surface area contributed by atoms with Gasteiger partial charge in [-0.25, -0.2) is 4.98 Å². The molecule has 0 spiro atoms. The number of nitrogens with one attached hydrogen (secondary N) is 1. The summed E-state index contributed by atoms with van der Waals surface area (Å²) in [6, 6.07) is 0. The van der Waals surface area contributed by atoms with Gasteiger partial charge in [0.2, 0.25) is 0 Å².